The van der Waals surface area contributed by atoms with Gasteiger partial charge < -0.3 is 9.80 Å². The van der Waals surface area contributed by atoms with E-state index in [-0.39, 0.29) is 18.3 Å². The van der Waals surface area contributed by atoms with Crippen molar-refractivity contribution in [1.29, 1.82) is 0 Å². The summed E-state index contributed by atoms with van der Waals surface area (Å²) in [5.74, 6) is 0.206. The minimum Gasteiger partial charge on any atom is -0.341 e. The van der Waals surface area contributed by atoms with Gasteiger partial charge in [-0.15, -0.1) is 12.4 Å². The van der Waals surface area contributed by atoms with Crippen LogP contribution >= 0.6 is 12.4 Å². The Kier molecular flexibility index (Phi) is 6.41. The van der Waals surface area contributed by atoms with Crippen LogP contribution in [-0.2, 0) is 11.2 Å². The first kappa shape index (κ1) is 18.5. The van der Waals surface area contributed by atoms with Gasteiger partial charge in [-0.1, -0.05) is 54.6 Å². The van der Waals surface area contributed by atoms with Crippen molar-refractivity contribution in [2.45, 2.75) is 18.9 Å². The second-order valence-corrected chi connectivity index (χ2v) is 6.45. The van der Waals surface area contributed by atoms with Gasteiger partial charge in [-0.05, 0) is 36.7 Å². The second kappa shape index (κ2) is 8.32. The van der Waals surface area contributed by atoms with Crippen molar-refractivity contribution in [2.24, 2.45) is 0 Å². The molecule has 2 aromatic rings. The molecule has 1 heterocycles. The van der Waals surface area contributed by atoms with Crippen molar-refractivity contribution >= 4 is 18.3 Å². The Morgan fingerprint density at radius 2 is 1.71 bits per heavy atom. The summed E-state index contributed by atoms with van der Waals surface area (Å²) in [4.78, 5) is 16.7. The van der Waals surface area contributed by atoms with Crippen molar-refractivity contribution < 1.29 is 4.79 Å². The molecule has 128 valence electrons. The van der Waals surface area contributed by atoms with Crippen LogP contribution in [0.2, 0.25) is 0 Å². The van der Waals surface area contributed by atoms with E-state index in [0.29, 0.717) is 12.5 Å². The molecule has 1 saturated heterocycles. The number of likely N-dealkylation sites (N-methyl/N-ethyl adjacent to an activating group) is 2. The Labute approximate surface area is 150 Å². The maximum atomic E-state index is 12.5. The largest absolute Gasteiger partial charge is 0.341 e. The summed E-state index contributed by atoms with van der Waals surface area (Å²) in [5.41, 5.74) is 3.47. The molecule has 1 atom stereocenters. The maximum Gasteiger partial charge on any atom is 0.227 e. The van der Waals surface area contributed by atoms with Crippen LogP contribution in [0.3, 0.4) is 0 Å². The molecule has 1 aliphatic heterocycles. The molecule has 0 aliphatic carbocycles. The first-order valence-electron chi connectivity index (χ1n) is 8.22. The van der Waals surface area contributed by atoms with Gasteiger partial charge in [0.05, 0.1) is 6.42 Å². The highest BCUT2D eigenvalue weighted by molar-refractivity contribution is 5.85. The van der Waals surface area contributed by atoms with Gasteiger partial charge in [0.1, 0.15) is 0 Å². The van der Waals surface area contributed by atoms with Crippen LogP contribution < -0.4 is 0 Å². The van der Waals surface area contributed by atoms with Crippen LogP contribution in [0.4, 0.5) is 0 Å². The van der Waals surface area contributed by atoms with E-state index in [2.05, 4.69) is 48.3 Å². The predicted octanol–water partition coefficient (Wildman–Crippen LogP) is 3.48. The molecule has 24 heavy (non-hydrogen) atoms. The highest BCUT2D eigenvalue weighted by Crippen LogP contribution is 2.20. The molecule has 0 saturated carbocycles. The summed E-state index contributed by atoms with van der Waals surface area (Å²) in [6.07, 6.45) is 1.55. The van der Waals surface area contributed by atoms with Gasteiger partial charge in [0.2, 0.25) is 5.91 Å². The van der Waals surface area contributed by atoms with Gasteiger partial charge in [0, 0.05) is 19.6 Å². The van der Waals surface area contributed by atoms with Crippen LogP contribution in [0, 0.1) is 0 Å². The molecule has 0 radical (unpaired) electrons. The lowest BCUT2D eigenvalue weighted by atomic mass is 10.0. The third-order valence-electron chi connectivity index (χ3n) is 4.72. The number of carbonyl (C=O) groups excluding carboxylic acids is 1. The Bertz CT molecular complexity index is 657. The first-order valence-corrected chi connectivity index (χ1v) is 8.22. The number of halogens is 1. The van der Waals surface area contributed by atoms with E-state index < -0.39 is 0 Å². The highest BCUT2D eigenvalue weighted by atomic mass is 35.5. The van der Waals surface area contributed by atoms with Crippen molar-refractivity contribution in [3.63, 3.8) is 0 Å². The zero-order chi connectivity index (χ0) is 16.2. The Morgan fingerprint density at radius 1 is 1.08 bits per heavy atom. The Balaban J connectivity index is 0.00000208. The van der Waals surface area contributed by atoms with Gasteiger partial charge in [0.25, 0.3) is 0 Å². The van der Waals surface area contributed by atoms with E-state index in [1.165, 1.54) is 11.1 Å². The molecule has 3 nitrogen and oxygen atoms in total. The zero-order valence-corrected chi connectivity index (χ0v) is 15.1. The van der Waals surface area contributed by atoms with E-state index in [9.17, 15) is 4.79 Å². The van der Waals surface area contributed by atoms with E-state index in [0.717, 1.165) is 25.1 Å². The summed E-state index contributed by atoms with van der Waals surface area (Å²) in [6, 6.07) is 19.0. The van der Waals surface area contributed by atoms with Crippen LogP contribution in [0.25, 0.3) is 11.1 Å². The van der Waals surface area contributed by atoms with Gasteiger partial charge in [-0.3, -0.25) is 4.79 Å². The highest BCUT2D eigenvalue weighted by Gasteiger charge is 2.26. The summed E-state index contributed by atoms with van der Waals surface area (Å²) < 4.78 is 0. The molecule has 0 aromatic heterocycles. The number of hydrogen-bond acceptors (Lipinski definition) is 2. The first-order chi connectivity index (χ1) is 11.1. The summed E-state index contributed by atoms with van der Waals surface area (Å²) in [7, 11) is 4.05. The molecule has 0 spiro atoms. The summed E-state index contributed by atoms with van der Waals surface area (Å²) in [5, 5.41) is 0. The fourth-order valence-corrected chi connectivity index (χ4v) is 3.18. The Morgan fingerprint density at radius 3 is 2.29 bits per heavy atom. The average Bonchev–Trinajstić information content (AvgIpc) is 3.02. The van der Waals surface area contributed by atoms with Crippen LogP contribution in [-0.4, -0.2) is 48.9 Å². The topological polar surface area (TPSA) is 23.6 Å². The van der Waals surface area contributed by atoms with E-state index >= 15 is 0 Å². The summed E-state index contributed by atoms with van der Waals surface area (Å²) in [6.45, 7) is 2.06. The minimum atomic E-state index is 0. The van der Waals surface area contributed by atoms with Crippen molar-refractivity contribution in [2.75, 3.05) is 27.2 Å². The van der Waals surface area contributed by atoms with Gasteiger partial charge >= 0.3 is 0 Å². The number of nitrogens with zero attached hydrogens (tertiary/aromatic N) is 2. The SMILES string of the molecule is CN1CCC(N(C)C(=O)Cc2ccc(-c3ccccc3)cc2)C1.Cl. The molecule has 1 unspecified atom stereocenters. The molecule has 1 amide bonds. The number of benzene rings is 2. The zero-order valence-electron chi connectivity index (χ0n) is 14.3. The van der Waals surface area contributed by atoms with Crippen LogP contribution in [0.15, 0.2) is 54.6 Å². The number of hydrogen-bond donors (Lipinski definition) is 0. The lowest BCUT2D eigenvalue weighted by Crippen LogP contribution is -2.39. The van der Waals surface area contributed by atoms with E-state index in [1.54, 1.807) is 0 Å². The smallest absolute Gasteiger partial charge is 0.227 e. The second-order valence-electron chi connectivity index (χ2n) is 6.45. The summed E-state index contributed by atoms with van der Waals surface area (Å²) >= 11 is 0. The molecule has 4 heteroatoms. The lowest BCUT2D eigenvalue weighted by Gasteiger charge is -2.24. The number of rotatable bonds is 4. The molecule has 1 aliphatic rings. The molecular formula is C20H25ClN2O. The standard InChI is InChI=1S/C20H24N2O.ClH/c1-21-13-12-19(15-21)22(2)20(23)14-16-8-10-18(11-9-16)17-6-4-3-5-7-17;/h3-11,19H,12-15H2,1-2H3;1H. The lowest BCUT2D eigenvalue weighted by molar-refractivity contribution is -0.131. The van der Waals surface area contributed by atoms with Crippen molar-refractivity contribution in [1.82, 2.24) is 9.80 Å². The number of carbonyl (C=O) groups is 1. The van der Waals surface area contributed by atoms with Gasteiger partial charge in [-0.25, -0.2) is 0 Å². The molecule has 0 N–H and O–H groups in total. The number of likely N-dealkylation sites (tertiary alicyclic amines) is 1. The third kappa shape index (κ3) is 4.37. The molecule has 3 rings (SSSR count). The molecule has 1 fully saturated rings. The quantitative estimate of drug-likeness (QED) is 0.847. The molecule has 0 bridgehead atoms. The van der Waals surface area contributed by atoms with Crippen molar-refractivity contribution in [3.8, 4) is 11.1 Å². The third-order valence-corrected chi connectivity index (χ3v) is 4.72. The van der Waals surface area contributed by atoms with E-state index in [1.807, 2.05) is 30.1 Å². The fraction of sp³-hybridized carbons (Fsp3) is 0.350. The fourth-order valence-electron chi connectivity index (χ4n) is 3.18. The minimum absolute atomic E-state index is 0. The van der Waals surface area contributed by atoms with Crippen LogP contribution in [0.1, 0.15) is 12.0 Å². The predicted molar refractivity (Wildman–Crippen MR) is 102 cm³/mol. The van der Waals surface area contributed by atoms with Gasteiger partial charge in [0.15, 0.2) is 0 Å². The maximum absolute atomic E-state index is 12.5. The molecule has 2 aromatic carbocycles. The number of amides is 1. The van der Waals surface area contributed by atoms with E-state index in [4.69, 9.17) is 0 Å². The Hall–Kier alpha value is -1.84. The monoisotopic (exact) mass is 344 g/mol. The average molecular weight is 345 g/mol. The van der Waals surface area contributed by atoms with Crippen molar-refractivity contribution in [3.05, 3.63) is 60.2 Å². The molecular weight excluding hydrogens is 320 g/mol. The normalized spacial score (nSPS) is 17.3. The van der Waals surface area contributed by atoms with Gasteiger partial charge in [-0.2, -0.15) is 0 Å². The van der Waals surface area contributed by atoms with Crippen LogP contribution in [0.5, 0.6) is 0 Å².